The van der Waals surface area contributed by atoms with Crippen LogP contribution in [0.4, 0.5) is 4.39 Å². The number of Topliss-reactive ketones (excluding diaryl/α,β-unsaturated/α-hetero) is 1. The fourth-order valence-corrected chi connectivity index (χ4v) is 3.00. The van der Waals surface area contributed by atoms with Crippen molar-refractivity contribution in [2.45, 2.75) is 25.9 Å². The molecule has 5 nitrogen and oxygen atoms in total. The predicted octanol–water partition coefficient (Wildman–Crippen LogP) is 2.56. The van der Waals surface area contributed by atoms with Gasteiger partial charge in [-0.3, -0.25) is 14.4 Å². The number of likely N-dealkylation sites (tertiary alicyclic amines) is 1. The molecule has 0 radical (unpaired) electrons. The molecule has 2 aromatic carbocycles. The van der Waals surface area contributed by atoms with Gasteiger partial charge in [-0.15, -0.1) is 0 Å². The highest BCUT2D eigenvalue weighted by Crippen LogP contribution is 2.16. The predicted molar refractivity (Wildman–Crippen MR) is 94.1 cm³/mol. The maximum atomic E-state index is 13.3. The molecule has 1 fully saturated rings. The maximum Gasteiger partial charge on any atom is 0.251 e. The second-order valence-corrected chi connectivity index (χ2v) is 6.41. The monoisotopic (exact) mass is 354 g/mol. The standard InChI is InChI=1S/C20H19FN2O3/c1-13(24)15-5-7-16(8-6-15)20(26)22-18-10-19(25)23(12-18)11-14-3-2-4-17(21)9-14/h2-9,18H,10-12H2,1H3,(H,22,26). The Hall–Kier alpha value is -3.02. The van der Waals surface area contributed by atoms with E-state index in [1.54, 1.807) is 41.3 Å². The van der Waals surface area contributed by atoms with Crippen LogP contribution in [0.25, 0.3) is 0 Å². The molecule has 3 rings (SSSR count). The number of hydrogen-bond donors (Lipinski definition) is 1. The lowest BCUT2D eigenvalue weighted by atomic mass is 10.1. The average Bonchev–Trinajstić information content (AvgIpc) is 2.94. The van der Waals surface area contributed by atoms with Gasteiger partial charge in [0.1, 0.15) is 5.82 Å². The Morgan fingerprint density at radius 2 is 1.85 bits per heavy atom. The van der Waals surface area contributed by atoms with Gasteiger partial charge in [0.25, 0.3) is 5.91 Å². The van der Waals surface area contributed by atoms with Gasteiger partial charge in [0, 0.05) is 30.6 Å². The number of nitrogens with one attached hydrogen (secondary N) is 1. The molecule has 2 aromatic rings. The normalized spacial score (nSPS) is 16.6. The summed E-state index contributed by atoms with van der Waals surface area (Å²) in [6.45, 7) is 2.16. The van der Waals surface area contributed by atoms with E-state index in [1.165, 1.54) is 19.1 Å². The molecule has 6 heteroatoms. The van der Waals surface area contributed by atoms with Crippen molar-refractivity contribution in [1.29, 1.82) is 0 Å². The van der Waals surface area contributed by atoms with Gasteiger partial charge in [-0.25, -0.2) is 4.39 Å². The molecule has 0 saturated carbocycles. The van der Waals surface area contributed by atoms with Gasteiger partial charge in [0.15, 0.2) is 5.78 Å². The van der Waals surface area contributed by atoms with Crippen molar-refractivity contribution in [1.82, 2.24) is 10.2 Å². The second kappa shape index (κ2) is 7.47. The van der Waals surface area contributed by atoms with Gasteiger partial charge in [0.05, 0.1) is 6.04 Å². The molecule has 0 aliphatic carbocycles. The first-order valence-corrected chi connectivity index (χ1v) is 8.36. The van der Waals surface area contributed by atoms with Crippen LogP contribution in [0.5, 0.6) is 0 Å². The Balaban J connectivity index is 1.60. The minimum atomic E-state index is -0.340. The molecule has 1 unspecified atom stereocenters. The number of rotatable bonds is 5. The Kier molecular flexibility index (Phi) is 5.11. The lowest BCUT2D eigenvalue weighted by molar-refractivity contribution is -0.128. The Morgan fingerprint density at radius 3 is 2.50 bits per heavy atom. The zero-order chi connectivity index (χ0) is 18.7. The first-order valence-electron chi connectivity index (χ1n) is 8.36. The van der Waals surface area contributed by atoms with Crippen molar-refractivity contribution < 1.29 is 18.8 Å². The molecule has 1 saturated heterocycles. The summed E-state index contributed by atoms with van der Waals surface area (Å²) >= 11 is 0. The molecular formula is C20H19FN2O3. The summed E-state index contributed by atoms with van der Waals surface area (Å²) in [6.07, 6.45) is 0.215. The van der Waals surface area contributed by atoms with Crippen molar-refractivity contribution >= 4 is 17.6 Å². The van der Waals surface area contributed by atoms with Gasteiger partial charge < -0.3 is 10.2 Å². The van der Waals surface area contributed by atoms with Crippen LogP contribution in [0.3, 0.4) is 0 Å². The van der Waals surface area contributed by atoms with Crippen LogP contribution in [-0.4, -0.2) is 35.1 Å². The van der Waals surface area contributed by atoms with Crippen molar-refractivity contribution in [3.63, 3.8) is 0 Å². The molecule has 1 N–H and O–H groups in total. The van der Waals surface area contributed by atoms with Crippen LogP contribution in [0.1, 0.15) is 39.6 Å². The minimum absolute atomic E-state index is 0.0636. The van der Waals surface area contributed by atoms with E-state index < -0.39 is 0 Å². The topological polar surface area (TPSA) is 66.5 Å². The summed E-state index contributed by atoms with van der Waals surface area (Å²) in [5.74, 6) is -0.767. The largest absolute Gasteiger partial charge is 0.347 e. The number of hydrogen-bond acceptors (Lipinski definition) is 3. The average molecular weight is 354 g/mol. The number of halogens is 1. The molecule has 1 heterocycles. The first-order chi connectivity index (χ1) is 12.4. The summed E-state index contributed by atoms with van der Waals surface area (Å²) in [5.41, 5.74) is 1.69. The molecule has 2 amide bonds. The molecule has 1 aliphatic rings. The number of ketones is 1. The molecule has 1 aliphatic heterocycles. The third-order valence-corrected chi connectivity index (χ3v) is 4.37. The van der Waals surface area contributed by atoms with Gasteiger partial charge in [-0.1, -0.05) is 24.3 Å². The van der Waals surface area contributed by atoms with E-state index in [4.69, 9.17) is 0 Å². The van der Waals surface area contributed by atoms with Gasteiger partial charge in [0.2, 0.25) is 5.91 Å². The van der Waals surface area contributed by atoms with Crippen LogP contribution in [0.2, 0.25) is 0 Å². The van der Waals surface area contributed by atoms with E-state index in [0.29, 0.717) is 29.8 Å². The van der Waals surface area contributed by atoms with Gasteiger partial charge in [-0.05, 0) is 36.8 Å². The Labute approximate surface area is 150 Å². The number of carbonyl (C=O) groups excluding carboxylic acids is 3. The van der Waals surface area contributed by atoms with Crippen LogP contribution in [0, 0.1) is 5.82 Å². The fourth-order valence-electron chi connectivity index (χ4n) is 3.00. The molecule has 0 aromatic heterocycles. The van der Waals surface area contributed by atoms with E-state index in [0.717, 1.165) is 0 Å². The first kappa shape index (κ1) is 17.8. The van der Waals surface area contributed by atoms with E-state index in [9.17, 15) is 18.8 Å². The van der Waals surface area contributed by atoms with E-state index in [2.05, 4.69) is 5.32 Å². The molecule has 134 valence electrons. The SMILES string of the molecule is CC(=O)c1ccc(C(=O)NC2CC(=O)N(Cc3cccc(F)c3)C2)cc1. The van der Waals surface area contributed by atoms with Crippen molar-refractivity contribution in [3.05, 3.63) is 71.0 Å². The lowest BCUT2D eigenvalue weighted by Gasteiger charge is -2.17. The molecule has 1 atom stereocenters. The molecular weight excluding hydrogens is 335 g/mol. The van der Waals surface area contributed by atoms with Gasteiger partial charge in [-0.2, -0.15) is 0 Å². The highest BCUT2D eigenvalue weighted by Gasteiger charge is 2.30. The third kappa shape index (κ3) is 4.14. The highest BCUT2D eigenvalue weighted by molar-refractivity contribution is 5.98. The molecule has 26 heavy (non-hydrogen) atoms. The van der Waals surface area contributed by atoms with Crippen molar-refractivity contribution in [3.8, 4) is 0 Å². The summed E-state index contributed by atoms with van der Waals surface area (Å²) in [7, 11) is 0. The van der Waals surface area contributed by atoms with Crippen LogP contribution in [0.15, 0.2) is 48.5 Å². The summed E-state index contributed by atoms with van der Waals surface area (Å²) in [6, 6.07) is 12.2. The second-order valence-electron chi connectivity index (χ2n) is 6.41. The highest BCUT2D eigenvalue weighted by atomic mass is 19.1. The van der Waals surface area contributed by atoms with Gasteiger partial charge >= 0.3 is 0 Å². The Morgan fingerprint density at radius 1 is 1.15 bits per heavy atom. The third-order valence-electron chi connectivity index (χ3n) is 4.37. The fraction of sp³-hybridized carbons (Fsp3) is 0.250. The van der Waals surface area contributed by atoms with Crippen LogP contribution in [-0.2, 0) is 11.3 Å². The maximum absolute atomic E-state index is 13.3. The summed E-state index contributed by atoms with van der Waals surface area (Å²) < 4.78 is 13.3. The lowest BCUT2D eigenvalue weighted by Crippen LogP contribution is -2.37. The number of nitrogens with zero attached hydrogens (tertiary/aromatic N) is 1. The number of benzene rings is 2. The smallest absolute Gasteiger partial charge is 0.251 e. The van der Waals surface area contributed by atoms with Crippen molar-refractivity contribution in [2.75, 3.05) is 6.54 Å². The minimum Gasteiger partial charge on any atom is -0.347 e. The van der Waals surface area contributed by atoms with E-state index >= 15 is 0 Å². The summed E-state index contributed by atoms with van der Waals surface area (Å²) in [4.78, 5) is 37.4. The van der Waals surface area contributed by atoms with Crippen molar-refractivity contribution in [2.24, 2.45) is 0 Å². The quantitative estimate of drug-likeness (QED) is 0.839. The van der Waals surface area contributed by atoms with E-state index in [-0.39, 0.29) is 35.9 Å². The Bertz CT molecular complexity index is 848. The zero-order valence-electron chi connectivity index (χ0n) is 14.4. The van der Waals surface area contributed by atoms with E-state index in [1.807, 2.05) is 0 Å². The summed E-state index contributed by atoms with van der Waals surface area (Å²) in [5, 5.41) is 2.84. The zero-order valence-corrected chi connectivity index (χ0v) is 14.4. The number of amides is 2. The molecule has 0 spiro atoms. The van der Waals surface area contributed by atoms with Crippen LogP contribution >= 0.6 is 0 Å². The van der Waals surface area contributed by atoms with Crippen LogP contribution < -0.4 is 5.32 Å². The molecule has 0 bridgehead atoms. The number of carbonyl (C=O) groups is 3.